The molecule has 0 saturated heterocycles. The summed E-state index contributed by atoms with van der Waals surface area (Å²) in [5.41, 5.74) is 6.75. The Bertz CT molecular complexity index is 1020. The van der Waals surface area contributed by atoms with Gasteiger partial charge in [0.25, 0.3) is 23.6 Å². The molecule has 1 aromatic carbocycles. The lowest BCUT2D eigenvalue weighted by atomic mass is 10.00. The van der Waals surface area contributed by atoms with Crippen LogP contribution in [0.5, 0.6) is 0 Å². The fourth-order valence-electron chi connectivity index (χ4n) is 4.32. The van der Waals surface area contributed by atoms with Crippen molar-refractivity contribution in [3.8, 4) is 0 Å². The number of imide groups is 1. The number of nitrogens with one attached hydrogen (secondary N) is 2. The molecule has 0 saturated carbocycles. The van der Waals surface area contributed by atoms with Gasteiger partial charge in [-0.15, -0.1) is 11.3 Å². The number of aryl methyl sites for hydroxylation is 2. The van der Waals surface area contributed by atoms with Crippen LogP contribution in [0.4, 0.5) is 0 Å². The minimum absolute atomic E-state index is 0.293. The number of benzene rings is 1. The smallest absolute Gasteiger partial charge is 0.271 e. The van der Waals surface area contributed by atoms with Crippen LogP contribution in [-0.4, -0.2) is 46.6 Å². The summed E-state index contributed by atoms with van der Waals surface area (Å²) in [5.74, 6) is -1.35. The van der Waals surface area contributed by atoms with Crippen molar-refractivity contribution >= 4 is 46.7 Å². The minimum atomic E-state index is -1.01. The monoisotopic (exact) mass is 485 g/mol. The highest BCUT2D eigenvalue weighted by Crippen LogP contribution is 2.29. The van der Waals surface area contributed by atoms with E-state index in [2.05, 4.69) is 10.9 Å². The highest BCUT2D eigenvalue weighted by molar-refractivity contribution is 7.98. The number of rotatable bonds is 6. The summed E-state index contributed by atoms with van der Waals surface area (Å²) >= 11 is 2.99. The van der Waals surface area contributed by atoms with Gasteiger partial charge < -0.3 is 0 Å². The van der Waals surface area contributed by atoms with E-state index in [0.29, 0.717) is 28.2 Å². The topological polar surface area (TPSA) is 95.6 Å². The van der Waals surface area contributed by atoms with Crippen LogP contribution >= 0.6 is 23.1 Å². The number of amides is 4. The molecular weight excluding hydrogens is 458 g/mol. The second kappa shape index (κ2) is 10.5. The third kappa shape index (κ3) is 4.99. The molecular formula is C24H27N3O4S2. The first-order valence-corrected chi connectivity index (χ1v) is 13.4. The summed E-state index contributed by atoms with van der Waals surface area (Å²) in [5, 5.41) is 0. The SMILES string of the molecule is CSCCC(C(=O)NNC(=O)c1cc2c(s1)CCCCCC2)N1C(=O)c2ccccc2C1=O. The molecule has 7 nitrogen and oxygen atoms in total. The Labute approximate surface area is 201 Å². The molecule has 0 bridgehead atoms. The van der Waals surface area contributed by atoms with Gasteiger partial charge in [-0.1, -0.05) is 25.0 Å². The lowest BCUT2D eigenvalue weighted by Gasteiger charge is -2.25. The molecule has 1 unspecified atom stereocenters. The first-order valence-electron chi connectivity index (χ1n) is 11.2. The number of hydrazine groups is 1. The summed E-state index contributed by atoms with van der Waals surface area (Å²) < 4.78 is 0. The molecule has 0 radical (unpaired) electrons. The van der Waals surface area contributed by atoms with Crippen molar-refractivity contribution in [1.82, 2.24) is 15.8 Å². The van der Waals surface area contributed by atoms with E-state index in [9.17, 15) is 19.2 Å². The molecule has 2 heterocycles. The van der Waals surface area contributed by atoms with E-state index in [1.165, 1.54) is 46.4 Å². The lowest BCUT2D eigenvalue weighted by Crippen LogP contribution is -2.54. The Hall–Kier alpha value is -2.65. The number of thioether (sulfide) groups is 1. The van der Waals surface area contributed by atoms with Crippen LogP contribution in [0.25, 0.3) is 0 Å². The number of hydrogen-bond acceptors (Lipinski definition) is 6. The molecule has 1 aliphatic heterocycles. The maximum absolute atomic E-state index is 13.0. The largest absolute Gasteiger partial charge is 0.279 e. The minimum Gasteiger partial charge on any atom is -0.271 e. The van der Waals surface area contributed by atoms with Crippen LogP contribution in [-0.2, 0) is 17.6 Å². The molecule has 33 heavy (non-hydrogen) atoms. The number of fused-ring (bicyclic) bond motifs is 2. The van der Waals surface area contributed by atoms with E-state index in [0.717, 1.165) is 30.6 Å². The predicted octanol–water partition coefficient (Wildman–Crippen LogP) is 3.59. The standard InChI is InChI=1S/C24H27N3O4S2/c1-32-13-12-18(27-23(30)16-9-6-7-10-17(16)24(27)31)21(28)25-26-22(29)20-14-15-8-4-2-3-5-11-19(15)33-20/h6-7,9-10,14,18H,2-5,8,11-13H2,1H3,(H,25,28)(H,26,29). The van der Waals surface area contributed by atoms with Gasteiger partial charge in [-0.3, -0.25) is 34.9 Å². The Kier molecular flexibility index (Phi) is 7.49. The molecule has 1 aromatic heterocycles. The van der Waals surface area contributed by atoms with E-state index in [-0.39, 0.29) is 5.91 Å². The van der Waals surface area contributed by atoms with E-state index in [1.54, 1.807) is 24.3 Å². The van der Waals surface area contributed by atoms with Gasteiger partial charge in [-0.05, 0) is 67.9 Å². The number of thiophene rings is 1. The number of nitrogens with zero attached hydrogens (tertiary/aromatic N) is 1. The first-order chi connectivity index (χ1) is 16.0. The van der Waals surface area contributed by atoms with Crippen LogP contribution in [0.1, 0.15) is 72.9 Å². The normalized spacial score (nSPS) is 16.5. The number of hydrogen-bond donors (Lipinski definition) is 2. The summed E-state index contributed by atoms with van der Waals surface area (Å²) in [4.78, 5) is 54.3. The van der Waals surface area contributed by atoms with Crippen molar-refractivity contribution in [2.45, 2.75) is 51.0 Å². The Morgan fingerprint density at radius 1 is 1.03 bits per heavy atom. The van der Waals surface area contributed by atoms with Gasteiger partial charge in [0.1, 0.15) is 6.04 Å². The molecule has 2 N–H and O–H groups in total. The van der Waals surface area contributed by atoms with Crippen molar-refractivity contribution < 1.29 is 19.2 Å². The van der Waals surface area contributed by atoms with E-state index in [4.69, 9.17) is 0 Å². The quantitative estimate of drug-likeness (QED) is 0.482. The third-order valence-corrected chi connectivity index (χ3v) is 7.93. The maximum atomic E-state index is 13.0. The van der Waals surface area contributed by atoms with Gasteiger partial charge in [0.05, 0.1) is 16.0 Å². The van der Waals surface area contributed by atoms with Gasteiger partial charge in [-0.2, -0.15) is 11.8 Å². The molecule has 4 rings (SSSR count). The Balaban J connectivity index is 1.45. The molecule has 9 heteroatoms. The van der Waals surface area contributed by atoms with Gasteiger partial charge in [-0.25, -0.2) is 0 Å². The van der Waals surface area contributed by atoms with Crippen LogP contribution in [0.3, 0.4) is 0 Å². The average molecular weight is 486 g/mol. The first kappa shape index (κ1) is 23.5. The molecule has 1 aliphatic carbocycles. The molecule has 0 spiro atoms. The maximum Gasteiger partial charge on any atom is 0.279 e. The zero-order chi connectivity index (χ0) is 23.4. The molecule has 4 amide bonds. The zero-order valence-electron chi connectivity index (χ0n) is 18.5. The Morgan fingerprint density at radius 3 is 2.36 bits per heavy atom. The average Bonchev–Trinajstić information content (AvgIpc) is 3.31. The van der Waals surface area contributed by atoms with Gasteiger partial charge >= 0.3 is 0 Å². The highest BCUT2D eigenvalue weighted by Gasteiger charge is 2.42. The molecule has 1 atom stereocenters. The lowest BCUT2D eigenvalue weighted by molar-refractivity contribution is -0.125. The fraction of sp³-hybridized carbons (Fsp3) is 0.417. The molecule has 2 aromatic rings. The van der Waals surface area contributed by atoms with Gasteiger partial charge in [0.2, 0.25) is 0 Å². The second-order valence-electron chi connectivity index (χ2n) is 8.24. The van der Waals surface area contributed by atoms with Crippen LogP contribution < -0.4 is 10.9 Å². The summed E-state index contributed by atoms with van der Waals surface area (Å²) in [6, 6.07) is 7.47. The van der Waals surface area contributed by atoms with Crippen LogP contribution in [0.2, 0.25) is 0 Å². The molecule has 174 valence electrons. The van der Waals surface area contributed by atoms with E-state index in [1.807, 2.05) is 12.3 Å². The molecule has 0 fully saturated rings. The van der Waals surface area contributed by atoms with E-state index < -0.39 is 23.8 Å². The summed E-state index contributed by atoms with van der Waals surface area (Å²) in [7, 11) is 0. The Morgan fingerprint density at radius 2 is 1.70 bits per heavy atom. The van der Waals surface area contributed by atoms with Crippen molar-refractivity contribution in [2.75, 3.05) is 12.0 Å². The highest BCUT2D eigenvalue weighted by atomic mass is 32.2. The second-order valence-corrected chi connectivity index (χ2v) is 10.4. The summed E-state index contributed by atoms with van der Waals surface area (Å²) in [6.45, 7) is 0. The van der Waals surface area contributed by atoms with Crippen molar-refractivity contribution in [1.29, 1.82) is 0 Å². The molecule has 2 aliphatic rings. The van der Waals surface area contributed by atoms with Gasteiger partial charge in [0.15, 0.2) is 0 Å². The van der Waals surface area contributed by atoms with Crippen LogP contribution in [0, 0.1) is 0 Å². The van der Waals surface area contributed by atoms with Crippen molar-refractivity contribution in [3.05, 3.63) is 56.8 Å². The van der Waals surface area contributed by atoms with E-state index >= 15 is 0 Å². The van der Waals surface area contributed by atoms with Gasteiger partial charge in [0, 0.05) is 4.88 Å². The zero-order valence-corrected chi connectivity index (χ0v) is 20.2. The third-order valence-electron chi connectivity index (χ3n) is 6.05. The number of carbonyl (C=O) groups is 4. The summed E-state index contributed by atoms with van der Waals surface area (Å²) in [6.07, 6.45) is 8.82. The van der Waals surface area contributed by atoms with Crippen molar-refractivity contribution in [2.24, 2.45) is 0 Å². The van der Waals surface area contributed by atoms with Crippen LogP contribution in [0.15, 0.2) is 30.3 Å². The predicted molar refractivity (Wildman–Crippen MR) is 130 cm³/mol. The number of carbonyl (C=O) groups excluding carboxylic acids is 4. The fourth-order valence-corrected chi connectivity index (χ4v) is 5.93. The van der Waals surface area contributed by atoms with Crippen molar-refractivity contribution in [3.63, 3.8) is 0 Å².